The van der Waals surface area contributed by atoms with E-state index in [4.69, 9.17) is 5.73 Å². The normalized spacial score (nSPS) is 11.0. The second-order valence-electron chi connectivity index (χ2n) is 5.19. The minimum atomic E-state index is -0.538. The number of primary amides is 1. The van der Waals surface area contributed by atoms with Gasteiger partial charge in [0.2, 0.25) is 11.7 Å². The first-order valence-corrected chi connectivity index (χ1v) is 7.31. The summed E-state index contributed by atoms with van der Waals surface area (Å²) in [6.07, 6.45) is 4.69. The van der Waals surface area contributed by atoms with Gasteiger partial charge in [0.1, 0.15) is 6.54 Å². The zero-order chi connectivity index (χ0) is 17.8. The molecule has 1 amide bonds. The van der Waals surface area contributed by atoms with E-state index in [-0.39, 0.29) is 18.1 Å². The molecule has 9 nitrogen and oxygen atoms in total. The van der Waals surface area contributed by atoms with Gasteiger partial charge in [-0.2, -0.15) is 5.10 Å². The number of nitrogens with two attached hydrogens (primary N) is 1. The number of aromatic nitrogens is 2. The average molecular weight is 338 g/mol. The quantitative estimate of drug-likeness (QED) is 0.403. The third kappa shape index (κ3) is 3.44. The highest BCUT2D eigenvalue weighted by molar-refractivity contribution is 6.00. The molecule has 3 rings (SSSR count). The van der Waals surface area contributed by atoms with Gasteiger partial charge in [-0.3, -0.25) is 20.3 Å². The zero-order valence-corrected chi connectivity index (χ0v) is 13.0. The van der Waals surface area contributed by atoms with Crippen LogP contribution in [0.4, 0.5) is 11.5 Å². The highest BCUT2D eigenvalue weighted by Crippen LogP contribution is 2.21. The monoisotopic (exact) mass is 338 g/mol. The fourth-order valence-electron chi connectivity index (χ4n) is 2.47. The van der Waals surface area contributed by atoms with Crippen molar-refractivity contribution >= 4 is 34.5 Å². The molecule has 3 aromatic rings. The van der Waals surface area contributed by atoms with Crippen molar-refractivity contribution < 1.29 is 9.72 Å². The summed E-state index contributed by atoms with van der Waals surface area (Å²) >= 11 is 0. The Hall–Kier alpha value is -3.75. The van der Waals surface area contributed by atoms with Crippen LogP contribution in [-0.2, 0) is 11.3 Å². The van der Waals surface area contributed by atoms with Crippen LogP contribution < -0.4 is 11.2 Å². The number of nitrogens with zero attached hydrogens (tertiary/aromatic N) is 4. The lowest BCUT2D eigenvalue weighted by atomic mass is 10.2. The van der Waals surface area contributed by atoms with E-state index in [9.17, 15) is 14.9 Å². The van der Waals surface area contributed by atoms with Crippen LogP contribution in [0, 0.1) is 10.1 Å². The van der Waals surface area contributed by atoms with Crippen LogP contribution in [0.15, 0.2) is 53.9 Å². The van der Waals surface area contributed by atoms with Crippen molar-refractivity contribution in [2.75, 3.05) is 5.43 Å². The van der Waals surface area contributed by atoms with Gasteiger partial charge in [0.15, 0.2) is 0 Å². The average Bonchev–Trinajstić information content (AvgIpc) is 2.93. The fourth-order valence-corrected chi connectivity index (χ4v) is 2.47. The molecule has 0 aliphatic carbocycles. The molecule has 2 aromatic heterocycles. The Kier molecular flexibility index (Phi) is 4.38. The maximum atomic E-state index is 11.2. The van der Waals surface area contributed by atoms with Crippen LogP contribution in [0.1, 0.15) is 5.56 Å². The number of nitrogens with one attached hydrogen (secondary N) is 1. The van der Waals surface area contributed by atoms with E-state index in [0.29, 0.717) is 0 Å². The lowest BCUT2D eigenvalue weighted by Gasteiger charge is -2.00. The van der Waals surface area contributed by atoms with Crippen LogP contribution >= 0.6 is 0 Å². The van der Waals surface area contributed by atoms with E-state index < -0.39 is 10.8 Å². The maximum Gasteiger partial charge on any atom is 0.313 e. The Morgan fingerprint density at radius 3 is 2.92 bits per heavy atom. The summed E-state index contributed by atoms with van der Waals surface area (Å²) in [7, 11) is 0. The maximum absolute atomic E-state index is 11.2. The summed E-state index contributed by atoms with van der Waals surface area (Å²) in [5.41, 5.74) is 9.25. The number of fused-ring (bicyclic) bond motifs is 1. The topological polar surface area (TPSA) is 128 Å². The summed E-state index contributed by atoms with van der Waals surface area (Å²) in [6, 6.07) is 10.3. The van der Waals surface area contributed by atoms with Crippen molar-refractivity contribution in [1.29, 1.82) is 0 Å². The molecule has 25 heavy (non-hydrogen) atoms. The van der Waals surface area contributed by atoms with Crippen LogP contribution in [0.25, 0.3) is 10.9 Å². The number of rotatable bonds is 6. The van der Waals surface area contributed by atoms with Gasteiger partial charge in [0.25, 0.3) is 0 Å². The molecule has 0 saturated carbocycles. The standard InChI is InChI=1S/C16H14N6O3/c17-15(23)10-21-9-11(12-4-1-2-5-13(12)21)8-19-20-16-14(22(24)25)6-3-7-18-16/h1-9H,10H2,(H2,17,23)(H,18,20). The van der Waals surface area contributed by atoms with Crippen LogP contribution in [0.5, 0.6) is 0 Å². The third-order valence-corrected chi connectivity index (χ3v) is 3.50. The van der Waals surface area contributed by atoms with Gasteiger partial charge in [-0.1, -0.05) is 18.2 Å². The van der Waals surface area contributed by atoms with Gasteiger partial charge < -0.3 is 10.3 Å². The van der Waals surface area contributed by atoms with Crippen molar-refractivity contribution in [2.24, 2.45) is 10.8 Å². The smallest absolute Gasteiger partial charge is 0.313 e. The van der Waals surface area contributed by atoms with E-state index in [1.807, 2.05) is 24.3 Å². The second kappa shape index (κ2) is 6.79. The SMILES string of the molecule is NC(=O)Cn1cc(C=NNc2ncccc2[N+](=O)[O-])c2ccccc21. The first-order chi connectivity index (χ1) is 12.1. The van der Waals surface area contributed by atoms with Gasteiger partial charge in [-0.05, 0) is 12.1 Å². The van der Waals surface area contributed by atoms with Crippen molar-refractivity contribution in [2.45, 2.75) is 6.54 Å². The second-order valence-corrected chi connectivity index (χ2v) is 5.19. The van der Waals surface area contributed by atoms with E-state index >= 15 is 0 Å². The fraction of sp³-hybridized carbons (Fsp3) is 0.0625. The summed E-state index contributed by atoms with van der Waals surface area (Å²) in [5.74, 6) is -0.406. The minimum absolute atomic E-state index is 0.0459. The van der Waals surface area contributed by atoms with E-state index in [0.717, 1.165) is 16.5 Å². The Morgan fingerprint density at radius 2 is 2.16 bits per heavy atom. The van der Waals surface area contributed by atoms with Crippen molar-refractivity contribution in [3.63, 3.8) is 0 Å². The van der Waals surface area contributed by atoms with E-state index in [2.05, 4.69) is 15.5 Å². The summed E-state index contributed by atoms with van der Waals surface area (Å²) in [6.45, 7) is 0.0491. The van der Waals surface area contributed by atoms with Crippen LogP contribution in [-0.4, -0.2) is 26.6 Å². The first kappa shape index (κ1) is 16.1. The molecule has 0 spiro atoms. The molecule has 0 aliphatic heterocycles. The molecule has 126 valence electrons. The number of anilines is 1. The number of amides is 1. The zero-order valence-electron chi connectivity index (χ0n) is 13.0. The molecule has 0 unspecified atom stereocenters. The minimum Gasteiger partial charge on any atom is -0.368 e. The predicted molar refractivity (Wildman–Crippen MR) is 93.2 cm³/mol. The number of nitro groups is 1. The number of hydrogen-bond acceptors (Lipinski definition) is 6. The number of benzene rings is 1. The molecule has 0 atom stereocenters. The van der Waals surface area contributed by atoms with Gasteiger partial charge >= 0.3 is 5.69 Å². The summed E-state index contributed by atoms with van der Waals surface area (Å²) in [5, 5.41) is 15.9. The van der Waals surface area contributed by atoms with Gasteiger partial charge in [-0.15, -0.1) is 0 Å². The summed E-state index contributed by atoms with van der Waals surface area (Å²) < 4.78 is 1.72. The molecule has 0 saturated heterocycles. The Labute approximate surface area is 141 Å². The lowest BCUT2D eigenvalue weighted by molar-refractivity contribution is -0.384. The molecular weight excluding hydrogens is 324 g/mol. The van der Waals surface area contributed by atoms with Crippen molar-refractivity contribution in [1.82, 2.24) is 9.55 Å². The van der Waals surface area contributed by atoms with E-state index in [1.165, 1.54) is 24.5 Å². The highest BCUT2D eigenvalue weighted by Gasteiger charge is 2.13. The van der Waals surface area contributed by atoms with E-state index in [1.54, 1.807) is 10.8 Å². The third-order valence-electron chi connectivity index (χ3n) is 3.50. The lowest BCUT2D eigenvalue weighted by Crippen LogP contribution is -2.17. The first-order valence-electron chi connectivity index (χ1n) is 7.31. The number of pyridine rings is 1. The van der Waals surface area contributed by atoms with Crippen molar-refractivity contribution in [3.8, 4) is 0 Å². The Morgan fingerprint density at radius 1 is 1.36 bits per heavy atom. The number of hydrazone groups is 1. The number of para-hydroxylation sites is 1. The molecule has 0 radical (unpaired) electrons. The molecule has 1 aromatic carbocycles. The number of carbonyl (C=O) groups excluding carboxylic acids is 1. The molecule has 0 bridgehead atoms. The molecule has 3 N–H and O–H groups in total. The molecule has 2 heterocycles. The highest BCUT2D eigenvalue weighted by atomic mass is 16.6. The summed E-state index contributed by atoms with van der Waals surface area (Å²) in [4.78, 5) is 25.5. The number of hydrogen-bond donors (Lipinski definition) is 2. The Balaban J connectivity index is 1.90. The van der Waals surface area contributed by atoms with Crippen LogP contribution in [0.2, 0.25) is 0 Å². The largest absolute Gasteiger partial charge is 0.368 e. The Bertz CT molecular complexity index is 979. The molecule has 9 heteroatoms. The molecule has 0 aliphatic rings. The van der Waals surface area contributed by atoms with Crippen molar-refractivity contribution in [3.05, 3.63) is 64.5 Å². The number of carbonyl (C=O) groups is 1. The molecule has 0 fully saturated rings. The molecular formula is C16H14N6O3. The van der Waals surface area contributed by atoms with Crippen LogP contribution in [0.3, 0.4) is 0 Å². The van der Waals surface area contributed by atoms with Gasteiger partial charge in [-0.25, -0.2) is 4.98 Å². The predicted octanol–water partition coefficient (Wildman–Crippen LogP) is 1.88. The van der Waals surface area contributed by atoms with Gasteiger partial charge in [0.05, 0.1) is 11.1 Å². The van der Waals surface area contributed by atoms with Gasteiger partial charge in [0, 0.05) is 34.9 Å².